The van der Waals surface area contributed by atoms with Crippen LogP contribution < -0.4 is 5.32 Å². The maximum Gasteiger partial charge on any atom is 0.258 e. The van der Waals surface area contributed by atoms with Gasteiger partial charge in [-0.1, -0.05) is 41.9 Å². The number of rotatable bonds is 3. The van der Waals surface area contributed by atoms with Crippen molar-refractivity contribution >= 4 is 34.1 Å². The van der Waals surface area contributed by atoms with Gasteiger partial charge in [-0.05, 0) is 55.8 Å². The van der Waals surface area contributed by atoms with E-state index in [2.05, 4.69) is 10.3 Å². The van der Waals surface area contributed by atoms with Gasteiger partial charge < -0.3 is 5.32 Å². The molecule has 29 heavy (non-hydrogen) atoms. The SMILES string of the molecule is Cc1cccc(NC(=O)c2c(C)nc3ccc(Cl)cc3c2-c2ccccc2F)c1. The molecule has 1 amide bonds. The van der Waals surface area contributed by atoms with Crippen molar-refractivity contribution in [1.29, 1.82) is 0 Å². The lowest BCUT2D eigenvalue weighted by molar-refractivity contribution is 0.102. The van der Waals surface area contributed by atoms with Crippen LogP contribution in [-0.4, -0.2) is 10.9 Å². The molecule has 0 aliphatic rings. The molecule has 0 bridgehead atoms. The Balaban J connectivity index is 1.98. The Hall–Kier alpha value is -3.24. The predicted octanol–water partition coefficient (Wildman–Crippen LogP) is 6.56. The lowest BCUT2D eigenvalue weighted by Crippen LogP contribution is -2.16. The summed E-state index contributed by atoms with van der Waals surface area (Å²) < 4.78 is 14.8. The summed E-state index contributed by atoms with van der Waals surface area (Å²) >= 11 is 6.21. The molecule has 3 aromatic carbocycles. The summed E-state index contributed by atoms with van der Waals surface area (Å²) in [7, 11) is 0. The molecule has 144 valence electrons. The molecule has 0 saturated carbocycles. The predicted molar refractivity (Wildman–Crippen MR) is 116 cm³/mol. The van der Waals surface area contributed by atoms with Crippen molar-refractivity contribution in [1.82, 2.24) is 4.98 Å². The molecule has 0 fully saturated rings. The third-order valence-corrected chi connectivity index (χ3v) is 5.01. The van der Waals surface area contributed by atoms with Gasteiger partial charge in [0, 0.05) is 27.2 Å². The van der Waals surface area contributed by atoms with Crippen LogP contribution in [0.3, 0.4) is 0 Å². The average Bonchev–Trinajstić information content (AvgIpc) is 2.68. The fourth-order valence-corrected chi connectivity index (χ4v) is 3.67. The van der Waals surface area contributed by atoms with Gasteiger partial charge in [-0.2, -0.15) is 0 Å². The zero-order valence-corrected chi connectivity index (χ0v) is 16.7. The number of amides is 1. The lowest BCUT2D eigenvalue weighted by atomic mass is 9.93. The van der Waals surface area contributed by atoms with Crippen LogP contribution in [0.25, 0.3) is 22.0 Å². The molecule has 0 unspecified atom stereocenters. The third-order valence-electron chi connectivity index (χ3n) is 4.77. The summed E-state index contributed by atoms with van der Waals surface area (Å²) in [4.78, 5) is 17.8. The van der Waals surface area contributed by atoms with Crippen molar-refractivity contribution in [2.75, 3.05) is 5.32 Å². The molecule has 0 saturated heterocycles. The number of hydrogen-bond donors (Lipinski definition) is 1. The quantitative estimate of drug-likeness (QED) is 0.420. The van der Waals surface area contributed by atoms with E-state index < -0.39 is 5.82 Å². The molecular formula is C24H18ClFN2O. The number of anilines is 1. The van der Waals surface area contributed by atoms with E-state index in [1.54, 1.807) is 43.3 Å². The molecule has 5 heteroatoms. The van der Waals surface area contributed by atoms with Gasteiger partial charge in [0.1, 0.15) is 5.82 Å². The summed E-state index contributed by atoms with van der Waals surface area (Å²) in [6.07, 6.45) is 0. The molecule has 0 radical (unpaired) electrons. The number of halogens is 2. The van der Waals surface area contributed by atoms with Crippen molar-refractivity contribution in [3.8, 4) is 11.1 Å². The maximum absolute atomic E-state index is 14.8. The second-order valence-electron chi connectivity index (χ2n) is 6.91. The molecule has 1 N–H and O–H groups in total. The van der Waals surface area contributed by atoms with Gasteiger partial charge in [-0.3, -0.25) is 9.78 Å². The monoisotopic (exact) mass is 404 g/mol. The summed E-state index contributed by atoms with van der Waals surface area (Å²) in [6, 6.07) is 19.1. The highest BCUT2D eigenvalue weighted by Crippen LogP contribution is 2.36. The van der Waals surface area contributed by atoms with Crippen molar-refractivity contribution in [3.63, 3.8) is 0 Å². The van der Waals surface area contributed by atoms with E-state index in [1.165, 1.54) is 6.07 Å². The minimum absolute atomic E-state index is 0.325. The Morgan fingerprint density at radius 2 is 1.79 bits per heavy atom. The number of hydrogen-bond acceptors (Lipinski definition) is 2. The molecular weight excluding hydrogens is 387 g/mol. The molecule has 4 aromatic rings. The molecule has 0 aliphatic carbocycles. The second-order valence-corrected chi connectivity index (χ2v) is 7.35. The van der Waals surface area contributed by atoms with Gasteiger partial charge in [-0.15, -0.1) is 0 Å². The first-order valence-electron chi connectivity index (χ1n) is 9.17. The number of pyridine rings is 1. The number of benzene rings is 3. The van der Waals surface area contributed by atoms with E-state index in [4.69, 9.17) is 11.6 Å². The van der Waals surface area contributed by atoms with E-state index >= 15 is 0 Å². The fourth-order valence-electron chi connectivity index (χ4n) is 3.50. The maximum atomic E-state index is 14.8. The molecule has 0 spiro atoms. The normalized spacial score (nSPS) is 10.9. The standard InChI is InChI=1S/C24H18ClFN2O/c1-14-6-5-7-17(12-14)28-24(29)22-15(2)27-21-11-10-16(25)13-19(21)23(22)18-8-3-4-9-20(18)26/h3-13H,1-2H3,(H,28,29). The average molecular weight is 405 g/mol. The first kappa shape index (κ1) is 19.1. The summed E-state index contributed by atoms with van der Waals surface area (Å²) in [6.45, 7) is 3.70. The van der Waals surface area contributed by atoms with Gasteiger partial charge in [0.05, 0.1) is 16.8 Å². The van der Waals surface area contributed by atoms with Crippen LogP contribution >= 0.6 is 11.6 Å². The molecule has 0 aliphatic heterocycles. The number of nitrogens with zero attached hydrogens (tertiary/aromatic N) is 1. The third kappa shape index (κ3) is 3.71. The zero-order chi connectivity index (χ0) is 20.5. The Labute approximate surface area is 173 Å². The molecule has 1 heterocycles. The van der Waals surface area contributed by atoms with Crippen LogP contribution in [0.2, 0.25) is 5.02 Å². The van der Waals surface area contributed by atoms with Crippen molar-refractivity contribution in [2.45, 2.75) is 13.8 Å². The second kappa shape index (κ2) is 7.64. The Morgan fingerprint density at radius 3 is 2.55 bits per heavy atom. The smallest absolute Gasteiger partial charge is 0.258 e. The van der Waals surface area contributed by atoms with Crippen molar-refractivity contribution in [3.05, 3.63) is 94.4 Å². The minimum atomic E-state index is -0.413. The largest absolute Gasteiger partial charge is 0.322 e. The first-order chi connectivity index (χ1) is 13.9. The molecule has 0 atom stereocenters. The van der Waals surface area contributed by atoms with E-state index in [1.807, 2.05) is 31.2 Å². The highest BCUT2D eigenvalue weighted by molar-refractivity contribution is 6.31. The number of carbonyl (C=O) groups is 1. The van der Waals surface area contributed by atoms with Crippen LogP contribution in [0.5, 0.6) is 0 Å². The minimum Gasteiger partial charge on any atom is -0.322 e. The summed E-state index contributed by atoms with van der Waals surface area (Å²) in [5.74, 6) is -0.760. The molecule has 1 aromatic heterocycles. The van der Waals surface area contributed by atoms with Crippen LogP contribution in [0, 0.1) is 19.7 Å². The lowest BCUT2D eigenvalue weighted by Gasteiger charge is -2.17. The number of fused-ring (bicyclic) bond motifs is 1. The van der Waals surface area contributed by atoms with Gasteiger partial charge in [0.15, 0.2) is 0 Å². The number of nitrogens with one attached hydrogen (secondary N) is 1. The zero-order valence-electron chi connectivity index (χ0n) is 16.0. The topological polar surface area (TPSA) is 42.0 Å². The summed E-state index contributed by atoms with van der Waals surface area (Å²) in [5.41, 5.74) is 4.00. The van der Waals surface area contributed by atoms with Crippen LogP contribution in [0.4, 0.5) is 10.1 Å². The van der Waals surface area contributed by atoms with Gasteiger partial charge in [0.25, 0.3) is 5.91 Å². The van der Waals surface area contributed by atoms with E-state index in [9.17, 15) is 9.18 Å². The summed E-state index contributed by atoms with van der Waals surface area (Å²) in [5, 5.41) is 4.03. The van der Waals surface area contributed by atoms with E-state index in [-0.39, 0.29) is 5.91 Å². The van der Waals surface area contributed by atoms with Crippen LogP contribution in [0.1, 0.15) is 21.6 Å². The Bertz CT molecular complexity index is 1250. The van der Waals surface area contributed by atoms with Crippen LogP contribution in [0.15, 0.2) is 66.7 Å². The number of aryl methyl sites for hydroxylation is 2. The van der Waals surface area contributed by atoms with E-state index in [0.717, 1.165) is 5.56 Å². The fraction of sp³-hybridized carbons (Fsp3) is 0.0833. The van der Waals surface area contributed by atoms with E-state index in [0.29, 0.717) is 44.0 Å². The number of aromatic nitrogens is 1. The van der Waals surface area contributed by atoms with Gasteiger partial charge in [-0.25, -0.2) is 4.39 Å². The number of carbonyl (C=O) groups excluding carboxylic acids is 1. The first-order valence-corrected chi connectivity index (χ1v) is 9.54. The highest BCUT2D eigenvalue weighted by Gasteiger charge is 2.22. The van der Waals surface area contributed by atoms with Crippen molar-refractivity contribution in [2.24, 2.45) is 0 Å². The van der Waals surface area contributed by atoms with Crippen molar-refractivity contribution < 1.29 is 9.18 Å². The van der Waals surface area contributed by atoms with Gasteiger partial charge in [0.2, 0.25) is 0 Å². The molecule has 3 nitrogen and oxygen atoms in total. The van der Waals surface area contributed by atoms with Gasteiger partial charge >= 0.3 is 0 Å². The Morgan fingerprint density at radius 1 is 1.00 bits per heavy atom. The highest BCUT2D eigenvalue weighted by atomic mass is 35.5. The Kier molecular flexibility index (Phi) is 5.03. The molecule has 4 rings (SSSR count). The van der Waals surface area contributed by atoms with Crippen LogP contribution in [-0.2, 0) is 0 Å².